The number of carbonyl (C=O) groups is 1. The van der Waals surface area contributed by atoms with Crippen LogP contribution in [0.25, 0.3) is 17.0 Å². The second-order valence-electron chi connectivity index (χ2n) is 8.03. The SMILES string of the molecule is CCOc1ccc(-c2noc(C3=C(C)N(CCCOC)C(=O)NC3c3ccc(SC)cc3)n2)cc1. The van der Waals surface area contributed by atoms with Gasteiger partial charge in [-0.1, -0.05) is 17.3 Å². The first-order valence-corrected chi connectivity index (χ1v) is 12.8. The fraction of sp³-hybridized carbons (Fsp3) is 0.346. The van der Waals surface area contributed by atoms with Crippen LogP contribution in [0, 0.1) is 0 Å². The number of thioether (sulfide) groups is 1. The number of nitrogens with zero attached hydrogens (tertiary/aromatic N) is 3. The Bertz CT molecular complexity index is 1170. The summed E-state index contributed by atoms with van der Waals surface area (Å²) in [6.45, 7) is 5.55. The Balaban J connectivity index is 1.72. The topological polar surface area (TPSA) is 89.7 Å². The van der Waals surface area contributed by atoms with Gasteiger partial charge < -0.3 is 19.3 Å². The molecule has 1 atom stereocenters. The zero-order valence-corrected chi connectivity index (χ0v) is 21.2. The first-order chi connectivity index (χ1) is 17.0. The standard InChI is InChI=1S/C26H30N4O4S/c1-5-33-20-11-7-19(8-12-20)24-28-25(34-29-24)22-17(2)30(15-6-16-32-3)26(31)27-23(22)18-9-13-21(35-4)14-10-18/h7-14,23H,5-6,15-16H2,1-4H3,(H,27,31). The van der Waals surface area contributed by atoms with E-state index in [-0.39, 0.29) is 6.03 Å². The molecule has 184 valence electrons. The Morgan fingerprint density at radius 3 is 2.54 bits per heavy atom. The lowest BCUT2D eigenvalue weighted by atomic mass is 9.94. The molecule has 9 heteroatoms. The van der Waals surface area contributed by atoms with Crippen LogP contribution in [0.2, 0.25) is 0 Å². The molecule has 0 fully saturated rings. The van der Waals surface area contributed by atoms with Crippen LogP contribution in [0.4, 0.5) is 4.79 Å². The summed E-state index contributed by atoms with van der Waals surface area (Å²) < 4.78 is 16.5. The molecule has 1 aliphatic rings. The van der Waals surface area contributed by atoms with Gasteiger partial charge >= 0.3 is 6.03 Å². The number of rotatable bonds is 10. The average Bonchev–Trinajstić information content (AvgIpc) is 3.36. The van der Waals surface area contributed by atoms with E-state index >= 15 is 0 Å². The highest BCUT2D eigenvalue weighted by molar-refractivity contribution is 7.98. The zero-order chi connectivity index (χ0) is 24.8. The molecule has 8 nitrogen and oxygen atoms in total. The van der Waals surface area contributed by atoms with Crippen molar-refractivity contribution in [3.8, 4) is 17.1 Å². The van der Waals surface area contributed by atoms with E-state index in [1.54, 1.807) is 23.8 Å². The third kappa shape index (κ3) is 5.52. The number of ether oxygens (including phenoxy) is 2. The Hall–Kier alpha value is -3.30. The van der Waals surface area contributed by atoms with Crippen molar-refractivity contribution in [1.82, 2.24) is 20.4 Å². The lowest BCUT2D eigenvalue weighted by Crippen LogP contribution is -2.46. The van der Waals surface area contributed by atoms with E-state index in [4.69, 9.17) is 19.0 Å². The van der Waals surface area contributed by atoms with E-state index in [9.17, 15) is 4.79 Å². The van der Waals surface area contributed by atoms with Crippen molar-refractivity contribution in [3.63, 3.8) is 0 Å². The van der Waals surface area contributed by atoms with Gasteiger partial charge in [0.1, 0.15) is 5.75 Å². The molecule has 1 aliphatic heterocycles. The predicted octanol–water partition coefficient (Wildman–Crippen LogP) is 5.39. The lowest BCUT2D eigenvalue weighted by Gasteiger charge is -2.35. The maximum atomic E-state index is 13.1. The number of aromatic nitrogens is 2. The lowest BCUT2D eigenvalue weighted by molar-refractivity contribution is 0.174. The quantitative estimate of drug-likeness (QED) is 0.298. The summed E-state index contributed by atoms with van der Waals surface area (Å²) in [7, 11) is 1.65. The maximum absolute atomic E-state index is 13.1. The second kappa shape index (κ2) is 11.4. The summed E-state index contributed by atoms with van der Waals surface area (Å²) in [6, 6.07) is 15.1. The van der Waals surface area contributed by atoms with Crippen LogP contribution < -0.4 is 10.1 Å². The maximum Gasteiger partial charge on any atom is 0.322 e. The van der Waals surface area contributed by atoms with Crippen LogP contribution in [0.15, 0.2) is 63.6 Å². The van der Waals surface area contributed by atoms with Crippen LogP contribution in [-0.2, 0) is 4.74 Å². The highest BCUT2D eigenvalue weighted by atomic mass is 32.2. The van der Waals surface area contributed by atoms with Gasteiger partial charge in [-0.05, 0) is 68.5 Å². The first kappa shape index (κ1) is 24.8. The summed E-state index contributed by atoms with van der Waals surface area (Å²) in [6.07, 6.45) is 2.74. The van der Waals surface area contributed by atoms with Crippen LogP contribution in [-0.4, -0.2) is 54.2 Å². The number of hydrogen-bond acceptors (Lipinski definition) is 7. The van der Waals surface area contributed by atoms with E-state index in [0.29, 0.717) is 37.9 Å². The Morgan fingerprint density at radius 1 is 1.14 bits per heavy atom. The van der Waals surface area contributed by atoms with Crippen molar-refractivity contribution in [2.24, 2.45) is 0 Å². The number of urea groups is 1. The molecule has 0 radical (unpaired) electrons. The van der Waals surface area contributed by atoms with E-state index in [2.05, 4.69) is 10.5 Å². The monoisotopic (exact) mass is 494 g/mol. The molecule has 0 saturated heterocycles. The van der Waals surface area contributed by atoms with Crippen molar-refractivity contribution in [3.05, 3.63) is 65.7 Å². The van der Waals surface area contributed by atoms with Gasteiger partial charge in [0.15, 0.2) is 0 Å². The fourth-order valence-electron chi connectivity index (χ4n) is 4.06. The molecule has 2 aromatic carbocycles. The summed E-state index contributed by atoms with van der Waals surface area (Å²) >= 11 is 1.67. The van der Waals surface area contributed by atoms with Crippen molar-refractivity contribution < 1.29 is 18.8 Å². The molecule has 1 N–H and O–H groups in total. The molecule has 2 heterocycles. The molecule has 0 bridgehead atoms. The molecule has 0 spiro atoms. The Morgan fingerprint density at radius 2 is 1.89 bits per heavy atom. The third-order valence-corrected chi connectivity index (χ3v) is 6.60. The zero-order valence-electron chi connectivity index (χ0n) is 20.4. The molecular weight excluding hydrogens is 464 g/mol. The molecular formula is C26H30N4O4S. The number of benzene rings is 2. The van der Waals surface area contributed by atoms with Crippen molar-refractivity contribution in [1.29, 1.82) is 0 Å². The number of carbonyl (C=O) groups excluding carboxylic acids is 1. The van der Waals surface area contributed by atoms with Gasteiger partial charge in [0.05, 0.1) is 18.2 Å². The highest BCUT2D eigenvalue weighted by Crippen LogP contribution is 2.38. The van der Waals surface area contributed by atoms with E-state index < -0.39 is 6.04 Å². The highest BCUT2D eigenvalue weighted by Gasteiger charge is 2.35. The van der Waals surface area contributed by atoms with Crippen LogP contribution >= 0.6 is 11.8 Å². The molecule has 3 aromatic rings. The normalized spacial score (nSPS) is 15.9. The first-order valence-electron chi connectivity index (χ1n) is 11.5. The number of allylic oxidation sites excluding steroid dienone is 1. The van der Waals surface area contributed by atoms with Gasteiger partial charge in [0, 0.05) is 36.4 Å². The summed E-state index contributed by atoms with van der Waals surface area (Å²) in [4.78, 5) is 20.6. The van der Waals surface area contributed by atoms with Gasteiger partial charge in [-0.15, -0.1) is 11.8 Å². The van der Waals surface area contributed by atoms with E-state index in [0.717, 1.165) is 33.0 Å². The summed E-state index contributed by atoms with van der Waals surface area (Å²) in [5, 5.41) is 7.36. The predicted molar refractivity (Wildman–Crippen MR) is 136 cm³/mol. The Kier molecular flexibility index (Phi) is 8.09. The van der Waals surface area contributed by atoms with Crippen molar-refractivity contribution in [2.75, 3.05) is 33.1 Å². The van der Waals surface area contributed by atoms with Crippen molar-refractivity contribution in [2.45, 2.75) is 31.2 Å². The number of hydrogen-bond donors (Lipinski definition) is 1. The molecule has 0 saturated carbocycles. The van der Waals surface area contributed by atoms with Gasteiger partial charge in [0.25, 0.3) is 5.89 Å². The summed E-state index contributed by atoms with van der Waals surface area (Å²) in [5.41, 5.74) is 3.33. The largest absolute Gasteiger partial charge is 0.494 e. The molecule has 2 amide bonds. The van der Waals surface area contributed by atoms with E-state index in [1.165, 1.54) is 0 Å². The second-order valence-corrected chi connectivity index (χ2v) is 8.91. The van der Waals surface area contributed by atoms with Gasteiger partial charge in [-0.2, -0.15) is 4.98 Å². The molecule has 1 aromatic heterocycles. The average molecular weight is 495 g/mol. The minimum absolute atomic E-state index is 0.160. The molecule has 4 rings (SSSR count). The van der Waals surface area contributed by atoms with Gasteiger partial charge in [0.2, 0.25) is 5.82 Å². The fourth-order valence-corrected chi connectivity index (χ4v) is 4.47. The minimum Gasteiger partial charge on any atom is -0.494 e. The smallest absolute Gasteiger partial charge is 0.322 e. The third-order valence-electron chi connectivity index (χ3n) is 5.86. The molecule has 1 unspecified atom stereocenters. The summed E-state index contributed by atoms with van der Waals surface area (Å²) in [5.74, 6) is 1.64. The minimum atomic E-state index is -0.411. The van der Waals surface area contributed by atoms with Crippen LogP contribution in [0.5, 0.6) is 5.75 Å². The molecule has 35 heavy (non-hydrogen) atoms. The van der Waals surface area contributed by atoms with Crippen molar-refractivity contribution >= 4 is 23.4 Å². The molecule has 0 aliphatic carbocycles. The van der Waals surface area contributed by atoms with E-state index in [1.807, 2.05) is 68.6 Å². The van der Waals surface area contributed by atoms with Crippen LogP contribution in [0.3, 0.4) is 0 Å². The Labute approximate surface area is 209 Å². The van der Waals surface area contributed by atoms with Crippen LogP contribution in [0.1, 0.15) is 37.8 Å². The van der Waals surface area contributed by atoms with Gasteiger partial charge in [-0.3, -0.25) is 4.90 Å². The number of nitrogens with one attached hydrogen (secondary N) is 1. The number of amides is 2. The van der Waals surface area contributed by atoms with Gasteiger partial charge in [-0.25, -0.2) is 4.79 Å². The number of methoxy groups -OCH3 is 1.